The fourth-order valence-electron chi connectivity index (χ4n) is 2.55. The Morgan fingerprint density at radius 1 is 1.00 bits per heavy atom. The van der Waals surface area contributed by atoms with E-state index >= 15 is 4.39 Å². The van der Waals surface area contributed by atoms with Crippen molar-refractivity contribution in [2.75, 3.05) is 5.32 Å². The monoisotopic (exact) mass is 309 g/mol. The number of carbonyl (C=O) groups excluding carboxylic acids is 1. The van der Waals surface area contributed by atoms with Crippen LogP contribution in [-0.2, 0) is 23.1 Å². The van der Waals surface area contributed by atoms with Gasteiger partial charge in [0.2, 0.25) is 5.67 Å². The number of benzene rings is 2. The van der Waals surface area contributed by atoms with Gasteiger partial charge in [0, 0.05) is 17.7 Å². The summed E-state index contributed by atoms with van der Waals surface area (Å²) in [5.74, 6) is -0.798. The van der Waals surface area contributed by atoms with Crippen LogP contribution in [0.25, 0.3) is 0 Å². The van der Waals surface area contributed by atoms with Crippen LogP contribution >= 0.6 is 0 Å². The van der Waals surface area contributed by atoms with E-state index in [0.29, 0.717) is 11.3 Å². The van der Waals surface area contributed by atoms with E-state index in [1.54, 1.807) is 18.2 Å². The molecule has 1 heterocycles. The van der Waals surface area contributed by atoms with Crippen molar-refractivity contribution >= 4 is 11.6 Å². The van der Waals surface area contributed by atoms with E-state index in [1.807, 2.05) is 0 Å². The average molecular weight is 309 g/mol. The number of para-hydroxylation sites is 1. The highest BCUT2D eigenvalue weighted by molar-refractivity contribution is 6.05. The van der Waals surface area contributed by atoms with Crippen molar-refractivity contribution in [3.05, 3.63) is 65.2 Å². The van der Waals surface area contributed by atoms with Gasteiger partial charge in [0.25, 0.3) is 5.91 Å². The predicted molar refractivity (Wildman–Crippen MR) is 73.0 cm³/mol. The van der Waals surface area contributed by atoms with Gasteiger partial charge in [-0.2, -0.15) is 13.2 Å². The fourth-order valence-corrected chi connectivity index (χ4v) is 2.55. The molecule has 0 saturated carbocycles. The molecule has 0 fully saturated rings. The van der Waals surface area contributed by atoms with Crippen molar-refractivity contribution in [2.45, 2.75) is 18.3 Å². The topological polar surface area (TPSA) is 29.1 Å². The van der Waals surface area contributed by atoms with Gasteiger partial charge >= 0.3 is 6.18 Å². The molecule has 0 radical (unpaired) electrons. The van der Waals surface area contributed by atoms with Crippen LogP contribution < -0.4 is 5.32 Å². The van der Waals surface area contributed by atoms with Gasteiger partial charge in [0.05, 0.1) is 5.56 Å². The molecule has 1 amide bonds. The van der Waals surface area contributed by atoms with Crippen LogP contribution in [0.15, 0.2) is 48.5 Å². The lowest BCUT2D eigenvalue weighted by Crippen LogP contribution is -2.31. The number of anilines is 1. The highest BCUT2D eigenvalue weighted by Gasteiger charge is 2.47. The van der Waals surface area contributed by atoms with Crippen molar-refractivity contribution in [2.24, 2.45) is 0 Å². The normalized spacial score (nSPS) is 20.6. The highest BCUT2D eigenvalue weighted by Crippen LogP contribution is 2.41. The molecular weight excluding hydrogens is 298 g/mol. The number of fused-ring (bicyclic) bond motifs is 1. The Hall–Kier alpha value is -2.37. The van der Waals surface area contributed by atoms with Crippen LogP contribution in [0.1, 0.15) is 16.7 Å². The standard InChI is InChI=1S/C16H11F4NO/c17-15(12-3-1-2-4-13(12)21-14(15)22)9-10-5-7-11(8-6-10)16(18,19)20/h1-8H,9H2,(H,21,22). The molecule has 0 aliphatic carbocycles. The summed E-state index contributed by atoms with van der Waals surface area (Å²) in [6.07, 6.45) is -4.75. The molecule has 1 aliphatic heterocycles. The SMILES string of the molecule is O=C1Nc2ccccc2C1(F)Cc1ccc(C(F)(F)F)cc1. The Bertz CT molecular complexity index is 724. The zero-order valence-electron chi connectivity index (χ0n) is 11.2. The second-order valence-corrected chi connectivity index (χ2v) is 5.17. The van der Waals surface area contributed by atoms with Crippen LogP contribution in [0.5, 0.6) is 0 Å². The number of rotatable bonds is 2. The van der Waals surface area contributed by atoms with E-state index in [-0.39, 0.29) is 12.0 Å². The number of hydrogen-bond acceptors (Lipinski definition) is 1. The minimum absolute atomic E-state index is 0.208. The van der Waals surface area contributed by atoms with Crippen LogP contribution in [-0.4, -0.2) is 5.91 Å². The van der Waals surface area contributed by atoms with E-state index in [9.17, 15) is 18.0 Å². The maximum atomic E-state index is 15.1. The molecule has 0 bridgehead atoms. The van der Waals surface area contributed by atoms with Crippen molar-refractivity contribution in [3.63, 3.8) is 0 Å². The third-order valence-electron chi connectivity index (χ3n) is 3.69. The number of amides is 1. The number of halogens is 4. The molecule has 0 spiro atoms. The van der Waals surface area contributed by atoms with Gasteiger partial charge in [-0.25, -0.2) is 4.39 Å². The van der Waals surface area contributed by atoms with Gasteiger partial charge in [-0.3, -0.25) is 4.79 Å². The zero-order chi connectivity index (χ0) is 16.0. The van der Waals surface area contributed by atoms with E-state index in [4.69, 9.17) is 0 Å². The van der Waals surface area contributed by atoms with Crippen molar-refractivity contribution in [1.82, 2.24) is 0 Å². The average Bonchev–Trinajstić information content (AvgIpc) is 2.71. The second kappa shape index (κ2) is 4.83. The lowest BCUT2D eigenvalue weighted by molar-refractivity contribution is -0.137. The van der Waals surface area contributed by atoms with E-state index < -0.39 is 23.3 Å². The van der Waals surface area contributed by atoms with Crippen LogP contribution in [0.3, 0.4) is 0 Å². The molecule has 2 aromatic rings. The van der Waals surface area contributed by atoms with Crippen molar-refractivity contribution < 1.29 is 22.4 Å². The van der Waals surface area contributed by atoms with Crippen molar-refractivity contribution in [1.29, 1.82) is 0 Å². The lowest BCUT2D eigenvalue weighted by Gasteiger charge is -2.18. The smallest absolute Gasteiger partial charge is 0.323 e. The Morgan fingerprint density at radius 3 is 2.27 bits per heavy atom. The van der Waals surface area contributed by atoms with Gasteiger partial charge in [0.1, 0.15) is 0 Å². The minimum atomic E-state index is -4.44. The quantitative estimate of drug-likeness (QED) is 0.833. The Kier molecular flexibility index (Phi) is 3.20. The number of hydrogen-bond donors (Lipinski definition) is 1. The first-order chi connectivity index (χ1) is 10.3. The Labute approximate surface area is 123 Å². The molecular formula is C16H11F4NO. The molecule has 2 aromatic carbocycles. The minimum Gasteiger partial charge on any atom is -0.323 e. The highest BCUT2D eigenvalue weighted by atomic mass is 19.4. The first-order valence-electron chi connectivity index (χ1n) is 6.57. The molecule has 0 saturated heterocycles. The predicted octanol–water partition coefficient (Wildman–Crippen LogP) is 4.07. The second-order valence-electron chi connectivity index (χ2n) is 5.17. The summed E-state index contributed by atoms with van der Waals surface area (Å²) in [6.45, 7) is 0. The number of nitrogens with one attached hydrogen (secondary N) is 1. The van der Waals surface area contributed by atoms with Gasteiger partial charge in [-0.1, -0.05) is 30.3 Å². The molecule has 2 nitrogen and oxygen atoms in total. The first-order valence-corrected chi connectivity index (χ1v) is 6.57. The van der Waals surface area contributed by atoms with Gasteiger partial charge in [0.15, 0.2) is 0 Å². The molecule has 3 rings (SSSR count). The third kappa shape index (κ3) is 2.34. The molecule has 114 valence electrons. The van der Waals surface area contributed by atoms with Crippen LogP contribution in [0, 0.1) is 0 Å². The molecule has 1 atom stereocenters. The number of carbonyl (C=O) groups is 1. The molecule has 6 heteroatoms. The third-order valence-corrected chi connectivity index (χ3v) is 3.69. The molecule has 1 unspecified atom stereocenters. The first kappa shape index (κ1) is 14.6. The molecule has 1 aliphatic rings. The lowest BCUT2D eigenvalue weighted by atomic mass is 9.90. The molecule has 0 aromatic heterocycles. The summed E-state index contributed by atoms with van der Waals surface area (Å²) >= 11 is 0. The van der Waals surface area contributed by atoms with Crippen molar-refractivity contribution in [3.8, 4) is 0 Å². The summed E-state index contributed by atoms with van der Waals surface area (Å²) in [5, 5.41) is 2.45. The summed E-state index contributed by atoms with van der Waals surface area (Å²) in [6, 6.07) is 10.5. The number of alkyl halides is 4. The summed E-state index contributed by atoms with van der Waals surface area (Å²) in [5.41, 5.74) is -2.15. The van der Waals surface area contributed by atoms with E-state index in [2.05, 4.69) is 5.32 Å². The van der Waals surface area contributed by atoms with E-state index in [1.165, 1.54) is 18.2 Å². The maximum absolute atomic E-state index is 15.1. The van der Waals surface area contributed by atoms with Gasteiger partial charge < -0.3 is 5.32 Å². The van der Waals surface area contributed by atoms with Gasteiger partial charge in [-0.05, 0) is 23.8 Å². The maximum Gasteiger partial charge on any atom is 0.416 e. The van der Waals surface area contributed by atoms with Gasteiger partial charge in [-0.15, -0.1) is 0 Å². The zero-order valence-corrected chi connectivity index (χ0v) is 11.2. The summed E-state index contributed by atoms with van der Waals surface area (Å²) < 4.78 is 52.6. The van der Waals surface area contributed by atoms with Crippen LogP contribution in [0.2, 0.25) is 0 Å². The largest absolute Gasteiger partial charge is 0.416 e. The Balaban J connectivity index is 1.91. The molecule has 1 N–H and O–H groups in total. The summed E-state index contributed by atoms with van der Waals surface area (Å²) in [4.78, 5) is 11.9. The molecule has 22 heavy (non-hydrogen) atoms. The van der Waals surface area contributed by atoms with Crippen LogP contribution in [0.4, 0.5) is 23.2 Å². The fraction of sp³-hybridized carbons (Fsp3) is 0.188. The Morgan fingerprint density at radius 2 is 1.64 bits per heavy atom. The van der Waals surface area contributed by atoms with E-state index in [0.717, 1.165) is 12.1 Å². The summed E-state index contributed by atoms with van der Waals surface area (Å²) in [7, 11) is 0.